The number of nitrogen functional groups attached to an aromatic ring is 1. The van der Waals surface area contributed by atoms with Crippen molar-refractivity contribution in [1.29, 1.82) is 0 Å². The molecule has 0 amide bonds. The fourth-order valence-corrected chi connectivity index (χ4v) is 2.00. The maximum Gasteiger partial charge on any atom is 0.510 e. The predicted octanol–water partition coefficient (Wildman–Crippen LogP) is 2.84. The van der Waals surface area contributed by atoms with E-state index in [9.17, 15) is 26.5 Å². The number of aryl methyl sites for hydroxylation is 1. The lowest BCUT2D eigenvalue weighted by molar-refractivity contribution is -0.241. The van der Waals surface area contributed by atoms with Gasteiger partial charge < -0.3 is 10.3 Å². The summed E-state index contributed by atoms with van der Waals surface area (Å²) >= 11 is -3.50. The highest BCUT2D eigenvalue weighted by Gasteiger charge is 2.68. The molecule has 1 aromatic rings. The van der Waals surface area contributed by atoms with Crippen molar-refractivity contribution >= 4 is 16.9 Å². The van der Waals surface area contributed by atoms with Gasteiger partial charge in [-0.1, -0.05) is 0 Å². The second-order valence-corrected chi connectivity index (χ2v) is 4.82. The first kappa shape index (κ1) is 14.0. The molecule has 0 saturated heterocycles. The molecule has 0 aliphatic carbocycles. The third kappa shape index (κ3) is 2.63. The van der Waals surface area contributed by atoms with E-state index in [1.54, 1.807) is 0 Å². The van der Waals surface area contributed by atoms with Crippen LogP contribution in [0, 0.1) is 6.92 Å². The van der Waals surface area contributed by atoms with Gasteiger partial charge in [-0.3, -0.25) is 0 Å². The molecule has 0 saturated carbocycles. The second kappa shape index (κ2) is 4.34. The molecule has 96 valence electrons. The van der Waals surface area contributed by atoms with Crippen molar-refractivity contribution in [2.45, 2.75) is 23.3 Å². The molecule has 1 rings (SSSR count). The second-order valence-electron chi connectivity index (χ2n) is 3.30. The molecule has 2 N–H and O–H groups in total. The minimum atomic E-state index is -5.85. The van der Waals surface area contributed by atoms with Gasteiger partial charge in [0.25, 0.3) is 0 Å². The average molecular weight is 273 g/mol. The van der Waals surface area contributed by atoms with Gasteiger partial charge in [-0.15, -0.1) is 8.78 Å². The molecule has 8 heteroatoms. The number of hydrogen-bond acceptors (Lipinski definition) is 2. The molecule has 0 bridgehead atoms. The van der Waals surface area contributed by atoms with E-state index in [0.29, 0.717) is 0 Å². The Kier molecular flexibility index (Phi) is 3.58. The molecule has 0 aromatic heterocycles. The van der Waals surface area contributed by atoms with Crippen molar-refractivity contribution in [1.82, 2.24) is 0 Å². The summed E-state index contributed by atoms with van der Waals surface area (Å²) in [4.78, 5) is -0.612. The smallest absolute Gasteiger partial charge is 0.510 e. The summed E-state index contributed by atoms with van der Waals surface area (Å²) < 4.78 is 72.7. The molecule has 0 heterocycles. The normalized spacial score (nSPS) is 14.8. The summed E-state index contributed by atoms with van der Waals surface area (Å²) in [5, 5.41) is -5.28. The fraction of sp³-hybridized carbons (Fsp3) is 0.333. The summed E-state index contributed by atoms with van der Waals surface area (Å²) in [6.45, 7) is 1.42. The van der Waals surface area contributed by atoms with Crippen molar-refractivity contribution in [2.75, 3.05) is 5.73 Å². The Balaban J connectivity index is 3.12. The summed E-state index contributed by atoms with van der Waals surface area (Å²) in [5.41, 5.74) is 5.88. The first-order chi connectivity index (χ1) is 7.57. The standard InChI is InChI=1S/C9H8F5NOS/c1-5-4-6(2-3-7(5)15)17(16)9(13,14)8(10,11)12/h2-4H,15H2,1H3. The molecular formula is C9H8F5NOS. The van der Waals surface area contributed by atoms with Crippen LogP contribution in [0.5, 0.6) is 0 Å². The number of anilines is 1. The van der Waals surface area contributed by atoms with Gasteiger partial charge in [-0.25, -0.2) is 0 Å². The van der Waals surface area contributed by atoms with E-state index < -0.39 is 27.5 Å². The van der Waals surface area contributed by atoms with Crippen LogP contribution in [0.3, 0.4) is 0 Å². The van der Waals surface area contributed by atoms with Crippen LogP contribution in [0.15, 0.2) is 23.1 Å². The highest BCUT2D eigenvalue weighted by Crippen LogP contribution is 2.43. The largest absolute Gasteiger partial charge is 0.606 e. The van der Waals surface area contributed by atoms with Gasteiger partial charge in [0.15, 0.2) is 4.90 Å². The Morgan fingerprint density at radius 3 is 2.12 bits per heavy atom. The minimum absolute atomic E-state index is 0.223. The number of alkyl halides is 5. The lowest BCUT2D eigenvalue weighted by atomic mass is 10.2. The van der Waals surface area contributed by atoms with Crippen LogP contribution in [-0.4, -0.2) is 16.0 Å². The Bertz CT molecular complexity index is 420. The minimum Gasteiger partial charge on any atom is -0.606 e. The zero-order valence-electron chi connectivity index (χ0n) is 8.52. The molecule has 2 nitrogen and oxygen atoms in total. The van der Waals surface area contributed by atoms with Crippen molar-refractivity contribution in [3.63, 3.8) is 0 Å². The predicted molar refractivity (Wildman–Crippen MR) is 53.0 cm³/mol. The van der Waals surface area contributed by atoms with Crippen LogP contribution < -0.4 is 5.73 Å². The quantitative estimate of drug-likeness (QED) is 0.511. The third-order valence-electron chi connectivity index (χ3n) is 2.02. The Morgan fingerprint density at radius 1 is 1.18 bits per heavy atom. The van der Waals surface area contributed by atoms with Gasteiger partial charge in [0, 0.05) is 5.69 Å². The molecule has 1 atom stereocenters. The highest BCUT2D eigenvalue weighted by atomic mass is 32.2. The van der Waals surface area contributed by atoms with E-state index in [1.165, 1.54) is 6.92 Å². The Morgan fingerprint density at radius 2 is 1.71 bits per heavy atom. The van der Waals surface area contributed by atoms with Gasteiger partial charge in [0.05, 0.1) is 11.2 Å². The lowest BCUT2D eigenvalue weighted by Gasteiger charge is -2.22. The van der Waals surface area contributed by atoms with Crippen molar-refractivity contribution < 1.29 is 26.5 Å². The summed E-state index contributed by atoms with van der Waals surface area (Å²) in [5.74, 6) is 0. The zero-order chi connectivity index (χ0) is 13.4. The lowest BCUT2D eigenvalue weighted by Crippen LogP contribution is -2.43. The van der Waals surface area contributed by atoms with E-state index in [1.807, 2.05) is 0 Å². The first-order valence-corrected chi connectivity index (χ1v) is 5.45. The summed E-state index contributed by atoms with van der Waals surface area (Å²) in [6, 6.07) is 2.97. The molecule has 0 fully saturated rings. The monoisotopic (exact) mass is 273 g/mol. The number of halogens is 5. The van der Waals surface area contributed by atoms with Gasteiger partial charge in [0.2, 0.25) is 0 Å². The zero-order valence-corrected chi connectivity index (χ0v) is 9.33. The van der Waals surface area contributed by atoms with Crippen LogP contribution in [0.2, 0.25) is 0 Å². The van der Waals surface area contributed by atoms with Crippen molar-refractivity contribution in [3.8, 4) is 0 Å². The molecule has 17 heavy (non-hydrogen) atoms. The Labute approximate surface area is 96.8 Å². The van der Waals surface area contributed by atoms with Gasteiger partial charge in [0.1, 0.15) is 0 Å². The van der Waals surface area contributed by atoms with Crippen LogP contribution >= 0.6 is 0 Å². The van der Waals surface area contributed by atoms with Crippen molar-refractivity contribution in [3.05, 3.63) is 23.8 Å². The number of benzene rings is 1. The maximum atomic E-state index is 12.8. The van der Waals surface area contributed by atoms with Crippen LogP contribution in [0.25, 0.3) is 0 Å². The van der Waals surface area contributed by atoms with Gasteiger partial charge in [-0.2, -0.15) is 13.2 Å². The van der Waals surface area contributed by atoms with Crippen LogP contribution in [0.1, 0.15) is 5.56 Å². The molecular weight excluding hydrogens is 265 g/mol. The van der Waals surface area contributed by atoms with E-state index >= 15 is 0 Å². The van der Waals surface area contributed by atoms with Crippen molar-refractivity contribution in [2.24, 2.45) is 0 Å². The van der Waals surface area contributed by atoms with E-state index in [2.05, 4.69) is 0 Å². The molecule has 0 radical (unpaired) electrons. The highest BCUT2D eigenvalue weighted by molar-refractivity contribution is 7.92. The molecule has 1 unspecified atom stereocenters. The topological polar surface area (TPSA) is 49.1 Å². The third-order valence-corrected chi connectivity index (χ3v) is 3.40. The van der Waals surface area contributed by atoms with Crippen LogP contribution in [-0.2, 0) is 11.2 Å². The molecule has 0 spiro atoms. The Hall–Kier alpha value is -1.02. The number of nitrogens with two attached hydrogens (primary N) is 1. The fourth-order valence-electron chi connectivity index (χ4n) is 1.02. The van der Waals surface area contributed by atoms with E-state index in [-0.39, 0.29) is 11.3 Å². The molecule has 0 aliphatic rings. The summed E-state index contributed by atoms with van der Waals surface area (Å²) in [6.07, 6.45) is -5.85. The molecule has 1 aromatic carbocycles. The maximum absolute atomic E-state index is 12.8. The number of rotatable bonds is 2. The molecule has 0 aliphatic heterocycles. The van der Waals surface area contributed by atoms with Crippen LogP contribution in [0.4, 0.5) is 27.6 Å². The van der Waals surface area contributed by atoms with E-state index in [4.69, 9.17) is 5.73 Å². The SMILES string of the molecule is Cc1cc([S+]([O-])C(F)(F)C(F)(F)F)ccc1N. The van der Waals surface area contributed by atoms with Gasteiger partial charge in [-0.05, 0) is 30.7 Å². The first-order valence-electron chi connectivity index (χ1n) is 4.30. The average Bonchev–Trinajstić information content (AvgIpc) is 2.19. The number of hydrogen-bond donors (Lipinski definition) is 1. The van der Waals surface area contributed by atoms with Gasteiger partial charge >= 0.3 is 11.4 Å². The van der Waals surface area contributed by atoms with E-state index in [0.717, 1.165) is 18.2 Å². The summed E-state index contributed by atoms with van der Waals surface area (Å²) in [7, 11) is 0.